The number of carbonyl (C=O) groups excluding carboxylic acids is 1. The molecule has 48 heavy (non-hydrogen) atoms. The summed E-state index contributed by atoms with van der Waals surface area (Å²) in [5.41, 5.74) is 2.21. The van der Waals surface area contributed by atoms with E-state index in [0.717, 1.165) is 18.5 Å². The number of piperazine rings is 1. The van der Waals surface area contributed by atoms with Crippen LogP contribution < -0.4 is 14.4 Å². The van der Waals surface area contributed by atoms with Crippen LogP contribution in [-0.4, -0.2) is 70.9 Å². The summed E-state index contributed by atoms with van der Waals surface area (Å²) in [5, 5.41) is 10.1. The van der Waals surface area contributed by atoms with Gasteiger partial charge in [-0.1, -0.05) is 17.7 Å². The molecular formula is C35H34ClFN6O5. The van der Waals surface area contributed by atoms with Gasteiger partial charge in [-0.05, 0) is 49.2 Å². The van der Waals surface area contributed by atoms with Crippen LogP contribution in [0.5, 0.6) is 11.5 Å². The number of imidazole rings is 1. The number of pyridine rings is 1. The molecule has 1 aliphatic carbocycles. The number of aromatic nitrogens is 3. The monoisotopic (exact) mass is 672 g/mol. The molecule has 11 nitrogen and oxygen atoms in total. The van der Waals surface area contributed by atoms with Crippen molar-refractivity contribution in [3.8, 4) is 17.6 Å². The molecule has 8 rings (SSSR count). The Morgan fingerprint density at radius 1 is 1.17 bits per heavy atom. The highest BCUT2D eigenvalue weighted by Crippen LogP contribution is 2.52. The number of rotatable bonds is 8. The van der Waals surface area contributed by atoms with Crippen LogP contribution in [0.25, 0.3) is 11.0 Å². The first-order valence-corrected chi connectivity index (χ1v) is 16.4. The summed E-state index contributed by atoms with van der Waals surface area (Å²) in [7, 11) is 1.28. The van der Waals surface area contributed by atoms with Crippen LogP contribution in [0.4, 0.5) is 10.1 Å². The average Bonchev–Trinajstić information content (AvgIpc) is 3.36. The van der Waals surface area contributed by atoms with Gasteiger partial charge in [0.1, 0.15) is 17.0 Å². The van der Waals surface area contributed by atoms with Gasteiger partial charge in [0.2, 0.25) is 0 Å². The van der Waals surface area contributed by atoms with Crippen LogP contribution in [0.2, 0.25) is 5.02 Å². The van der Waals surface area contributed by atoms with Crippen molar-refractivity contribution >= 4 is 34.3 Å². The van der Waals surface area contributed by atoms with Gasteiger partial charge in [-0.3, -0.25) is 9.88 Å². The fourth-order valence-electron chi connectivity index (χ4n) is 7.34. The number of anilines is 1. The van der Waals surface area contributed by atoms with Crippen molar-refractivity contribution in [2.45, 2.75) is 57.1 Å². The lowest BCUT2D eigenvalue weighted by Crippen LogP contribution is -2.59. The fourth-order valence-corrected chi connectivity index (χ4v) is 7.46. The molecule has 248 valence electrons. The third-order valence-electron chi connectivity index (χ3n) is 10.1. The van der Waals surface area contributed by atoms with Gasteiger partial charge < -0.3 is 28.4 Å². The summed E-state index contributed by atoms with van der Waals surface area (Å²) in [6, 6.07) is 14.7. The normalized spacial score (nSPS) is 24.0. The Hall–Kier alpha value is -4.44. The van der Waals surface area contributed by atoms with E-state index >= 15 is 4.39 Å². The highest BCUT2D eigenvalue weighted by atomic mass is 35.5. The second kappa shape index (κ2) is 11.6. The van der Waals surface area contributed by atoms with Crippen molar-refractivity contribution in [1.82, 2.24) is 19.4 Å². The van der Waals surface area contributed by atoms with Gasteiger partial charge in [-0.25, -0.2) is 14.2 Å². The number of benzene rings is 2. The molecule has 2 aromatic heterocycles. The van der Waals surface area contributed by atoms with Crippen LogP contribution in [-0.2, 0) is 28.4 Å². The summed E-state index contributed by atoms with van der Waals surface area (Å²) >= 11 is 6.08. The lowest BCUT2D eigenvalue weighted by molar-refractivity contribution is -0.0716. The minimum Gasteiger partial charge on any atom is -0.465 e. The van der Waals surface area contributed by atoms with Crippen molar-refractivity contribution in [1.29, 1.82) is 5.26 Å². The van der Waals surface area contributed by atoms with Crippen LogP contribution in [0.3, 0.4) is 0 Å². The van der Waals surface area contributed by atoms with Gasteiger partial charge in [-0.15, -0.1) is 0 Å². The first-order chi connectivity index (χ1) is 23.2. The Labute approximate surface area is 281 Å². The number of nitrogens with zero attached hydrogens (tertiary/aromatic N) is 6. The molecule has 3 atom stereocenters. The molecule has 5 heterocycles. The number of hydrogen-bond donors (Lipinski definition) is 0. The van der Waals surface area contributed by atoms with E-state index in [1.54, 1.807) is 24.4 Å². The van der Waals surface area contributed by atoms with Gasteiger partial charge >= 0.3 is 5.97 Å². The third kappa shape index (κ3) is 5.21. The maximum absolute atomic E-state index is 15.4. The number of ether oxygens (including phenoxy) is 4. The quantitative estimate of drug-likeness (QED) is 0.224. The Kier molecular flexibility index (Phi) is 7.47. The molecule has 3 fully saturated rings. The number of carbonyl (C=O) groups is 1. The van der Waals surface area contributed by atoms with Crippen LogP contribution in [0.1, 0.15) is 48.1 Å². The molecule has 0 bridgehead atoms. The fraction of sp³-hybridized carbons (Fsp3) is 0.429. The van der Waals surface area contributed by atoms with E-state index in [2.05, 4.69) is 20.9 Å². The van der Waals surface area contributed by atoms with Crippen molar-refractivity contribution < 1.29 is 28.1 Å². The van der Waals surface area contributed by atoms with Gasteiger partial charge in [0, 0.05) is 44.6 Å². The lowest BCUT2D eigenvalue weighted by atomic mass is 10.0. The number of methoxy groups -OCH3 is 1. The van der Waals surface area contributed by atoms with E-state index in [9.17, 15) is 10.1 Å². The van der Waals surface area contributed by atoms with E-state index in [0.29, 0.717) is 79.4 Å². The number of hydrogen-bond acceptors (Lipinski definition) is 10. The molecule has 13 heteroatoms. The number of para-hydroxylation sites is 1. The van der Waals surface area contributed by atoms with E-state index < -0.39 is 17.6 Å². The topological polar surface area (TPSA) is 115 Å². The molecule has 1 saturated carbocycles. The number of esters is 1. The van der Waals surface area contributed by atoms with Crippen LogP contribution >= 0.6 is 11.6 Å². The van der Waals surface area contributed by atoms with E-state index in [-0.39, 0.29) is 28.6 Å². The molecule has 4 aromatic rings. The predicted octanol–water partition coefficient (Wildman–Crippen LogP) is 5.44. The van der Waals surface area contributed by atoms with Gasteiger partial charge in [-0.2, -0.15) is 5.26 Å². The highest BCUT2D eigenvalue weighted by molar-refractivity contribution is 6.30. The Morgan fingerprint density at radius 2 is 2.00 bits per heavy atom. The van der Waals surface area contributed by atoms with E-state index in [1.165, 1.54) is 13.2 Å². The zero-order chi connectivity index (χ0) is 33.2. The molecule has 3 aliphatic heterocycles. The van der Waals surface area contributed by atoms with Crippen LogP contribution in [0, 0.1) is 22.6 Å². The maximum Gasteiger partial charge on any atom is 0.338 e. The number of halogens is 2. The zero-order valence-electron chi connectivity index (χ0n) is 26.6. The molecule has 4 aliphatic rings. The minimum absolute atomic E-state index is 0.0169. The summed E-state index contributed by atoms with van der Waals surface area (Å²) in [5.74, 6) is -0.316. The molecule has 1 unspecified atom stereocenters. The number of fused-ring (bicyclic) bond motifs is 3. The second-order valence-corrected chi connectivity index (χ2v) is 13.7. The zero-order valence-corrected chi connectivity index (χ0v) is 27.4. The van der Waals surface area contributed by atoms with Crippen LogP contribution in [0.15, 0.2) is 48.7 Å². The molecule has 0 spiro atoms. The molecule has 0 N–H and O–H groups in total. The smallest absolute Gasteiger partial charge is 0.338 e. The van der Waals surface area contributed by atoms with Crippen molar-refractivity contribution in [2.75, 3.05) is 38.3 Å². The van der Waals surface area contributed by atoms with Crippen molar-refractivity contribution in [3.05, 3.63) is 76.6 Å². The molecular weight excluding hydrogens is 639 g/mol. The van der Waals surface area contributed by atoms with Gasteiger partial charge in [0.25, 0.3) is 5.79 Å². The first kappa shape index (κ1) is 30.9. The van der Waals surface area contributed by atoms with Crippen molar-refractivity contribution in [3.63, 3.8) is 0 Å². The average molecular weight is 673 g/mol. The summed E-state index contributed by atoms with van der Waals surface area (Å²) in [6.07, 6.45) is 3.81. The highest BCUT2D eigenvalue weighted by Gasteiger charge is 2.47. The molecule has 2 aromatic carbocycles. The SMILES string of the molecule is COC(=O)c1cc(F)c2nc(CN3CCN(c4cccc5c4OC(C)(c4ccc(Cl)cn4)O5)[C@H]4COC[C@H]43)n(CC3(CC#N)CC3)c2c1. The third-order valence-corrected chi connectivity index (χ3v) is 10.4. The van der Waals surface area contributed by atoms with Gasteiger partial charge in [0.15, 0.2) is 17.3 Å². The van der Waals surface area contributed by atoms with Crippen molar-refractivity contribution in [2.24, 2.45) is 5.41 Å². The first-order valence-electron chi connectivity index (χ1n) is 16.1. The Bertz CT molecular complexity index is 1960. The second-order valence-electron chi connectivity index (χ2n) is 13.2. The van der Waals surface area contributed by atoms with E-state index in [4.69, 9.17) is 35.5 Å². The minimum atomic E-state index is -1.11. The summed E-state index contributed by atoms with van der Waals surface area (Å²) in [6.45, 7) is 5.25. The predicted molar refractivity (Wildman–Crippen MR) is 173 cm³/mol. The Morgan fingerprint density at radius 3 is 2.75 bits per heavy atom. The number of nitriles is 1. The summed E-state index contributed by atoms with van der Waals surface area (Å²) < 4.78 is 41.3. The molecule has 0 radical (unpaired) electrons. The largest absolute Gasteiger partial charge is 0.465 e. The van der Waals surface area contributed by atoms with Gasteiger partial charge in [0.05, 0.1) is 66.8 Å². The Balaban J connectivity index is 1.09. The lowest BCUT2D eigenvalue weighted by Gasteiger charge is -2.44. The maximum atomic E-state index is 15.4. The summed E-state index contributed by atoms with van der Waals surface area (Å²) in [4.78, 5) is 26.3. The van der Waals surface area contributed by atoms with E-state index in [1.807, 2.05) is 29.7 Å². The standard InChI is InChI=1S/C35H34ClFN6O5/c1-34(29-7-6-22(36)16-39-29)47-28-5-3-4-24(32(28)48-34)42-13-12-41(26-18-46-19-27(26)42)17-30-40-31-23(37)14-21(33(44)45-2)15-25(31)43(30)20-35(8-9-35)10-11-38/h3-7,14-16,26-27H,8-10,12-13,17-20H2,1-2H3/t26-,27+,34?/m1/s1. The molecule has 0 amide bonds. The molecule has 2 saturated heterocycles.